The Morgan fingerprint density at radius 2 is 2.20 bits per heavy atom. The molecule has 2 N–H and O–H groups in total. The van der Waals surface area contributed by atoms with Gasteiger partial charge in [0.25, 0.3) is 0 Å². The molecule has 0 radical (unpaired) electrons. The van der Waals surface area contributed by atoms with Gasteiger partial charge in [-0.05, 0) is 29.7 Å². The standard InChI is InChI=1S/C12H14O3/c1-2-9(6-7-12(14)15)10-4-3-5-11(13)8-10/h3-6,8,13H,2,7H2,1H3,(H,14,15)/b9-6+. The minimum atomic E-state index is -0.846. The summed E-state index contributed by atoms with van der Waals surface area (Å²) >= 11 is 0. The predicted molar refractivity (Wildman–Crippen MR) is 58.6 cm³/mol. The maximum atomic E-state index is 10.4. The van der Waals surface area contributed by atoms with Crippen molar-refractivity contribution in [2.75, 3.05) is 0 Å². The van der Waals surface area contributed by atoms with Crippen LogP contribution in [-0.4, -0.2) is 16.2 Å². The van der Waals surface area contributed by atoms with Crippen molar-refractivity contribution in [1.82, 2.24) is 0 Å². The van der Waals surface area contributed by atoms with Crippen LogP contribution >= 0.6 is 0 Å². The van der Waals surface area contributed by atoms with E-state index in [0.717, 1.165) is 17.6 Å². The lowest BCUT2D eigenvalue weighted by Crippen LogP contribution is -1.92. The van der Waals surface area contributed by atoms with E-state index in [1.165, 1.54) is 0 Å². The summed E-state index contributed by atoms with van der Waals surface area (Å²) in [5.41, 5.74) is 1.81. The van der Waals surface area contributed by atoms with Crippen LogP contribution in [0.5, 0.6) is 5.75 Å². The van der Waals surface area contributed by atoms with Gasteiger partial charge in [0.15, 0.2) is 0 Å². The number of benzene rings is 1. The minimum absolute atomic E-state index is 0.0127. The van der Waals surface area contributed by atoms with Gasteiger partial charge in [-0.2, -0.15) is 0 Å². The summed E-state index contributed by atoms with van der Waals surface area (Å²) in [5.74, 6) is -0.650. The Balaban J connectivity index is 2.92. The number of aliphatic carboxylic acids is 1. The summed E-state index contributed by atoms with van der Waals surface area (Å²) < 4.78 is 0. The molecule has 0 aromatic heterocycles. The number of aromatic hydroxyl groups is 1. The molecule has 0 aliphatic heterocycles. The van der Waals surface area contributed by atoms with Gasteiger partial charge in [-0.15, -0.1) is 0 Å². The Bertz CT molecular complexity index is 380. The van der Waals surface area contributed by atoms with Crippen LogP contribution in [0.2, 0.25) is 0 Å². The van der Waals surface area contributed by atoms with Crippen LogP contribution in [0.25, 0.3) is 5.57 Å². The Hall–Kier alpha value is -1.77. The fourth-order valence-corrected chi connectivity index (χ4v) is 1.38. The monoisotopic (exact) mass is 206 g/mol. The molecule has 15 heavy (non-hydrogen) atoms. The number of phenols is 1. The third-order valence-electron chi connectivity index (χ3n) is 2.12. The smallest absolute Gasteiger partial charge is 0.307 e. The number of rotatable bonds is 4. The molecule has 0 fully saturated rings. The van der Waals surface area contributed by atoms with E-state index in [1.807, 2.05) is 13.0 Å². The fraction of sp³-hybridized carbons (Fsp3) is 0.250. The normalized spacial score (nSPS) is 11.4. The van der Waals surface area contributed by atoms with E-state index in [9.17, 15) is 9.90 Å². The number of hydrogen-bond acceptors (Lipinski definition) is 2. The Labute approximate surface area is 88.7 Å². The topological polar surface area (TPSA) is 57.5 Å². The van der Waals surface area contributed by atoms with Crippen LogP contribution in [0.1, 0.15) is 25.3 Å². The molecular weight excluding hydrogens is 192 g/mol. The van der Waals surface area contributed by atoms with E-state index in [1.54, 1.807) is 24.3 Å². The van der Waals surface area contributed by atoms with Crippen LogP contribution in [0.3, 0.4) is 0 Å². The zero-order valence-electron chi connectivity index (χ0n) is 8.60. The van der Waals surface area contributed by atoms with Gasteiger partial charge in [0.1, 0.15) is 5.75 Å². The molecule has 0 bridgehead atoms. The largest absolute Gasteiger partial charge is 0.508 e. The van der Waals surface area contributed by atoms with Gasteiger partial charge in [-0.1, -0.05) is 25.1 Å². The van der Waals surface area contributed by atoms with Crippen molar-refractivity contribution in [2.45, 2.75) is 19.8 Å². The molecule has 3 heteroatoms. The number of carboxylic acid groups (broad SMARTS) is 1. The van der Waals surface area contributed by atoms with Gasteiger partial charge < -0.3 is 10.2 Å². The Kier molecular flexibility index (Phi) is 3.92. The van der Waals surface area contributed by atoms with Crippen molar-refractivity contribution in [3.63, 3.8) is 0 Å². The molecule has 0 atom stereocenters. The Morgan fingerprint density at radius 3 is 2.73 bits per heavy atom. The first-order chi connectivity index (χ1) is 7.13. The number of allylic oxidation sites excluding steroid dienone is 1. The highest BCUT2D eigenvalue weighted by Gasteiger charge is 2.01. The van der Waals surface area contributed by atoms with Crippen LogP contribution in [-0.2, 0) is 4.79 Å². The summed E-state index contributed by atoms with van der Waals surface area (Å²) in [5, 5.41) is 17.9. The lowest BCUT2D eigenvalue weighted by molar-refractivity contribution is -0.135. The molecule has 0 saturated heterocycles. The highest BCUT2D eigenvalue weighted by molar-refractivity contribution is 5.74. The molecule has 0 heterocycles. The van der Waals surface area contributed by atoms with Crippen LogP contribution < -0.4 is 0 Å². The number of carboxylic acids is 1. The lowest BCUT2D eigenvalue weighted by atomic mass is 10.0. The van der Waals surface area contributed by atoms with Crippen molar-refractivity contribution in [1.29, 1.82) is 0 Å². The zero-order valence-corrected chi connectivity index (χ0v) is 8.60. The lowest BCUT2D eigenvalue weighted by Gasteiger charge is -2.04. The summed E-state index contributed by atoms with van der Waals surface area (Å²) in [7, 11) is 0. The van der Waals surface area contributed by atoms with E-state index in [-0.39, 0.29) is 12.2 Å². The second-order valence-corrected chi connectivity index (χ2v) is 3.23. The first-order valence-corrected chi connectivity index (χ1v) is 4.83. The molecule has 0 aliphatic rings. The molecule has 0 aliphatic carbocycles. The average molecular weight is 206 g/mol. The zero-order chi connectivity index (χ0) is 11.3. The molecule has 80 valence electrons. The van der Waals surface area contributed by atoms with E-state index >= 15 is 0 Å². The van der Waals surface area contributed by atoms with E-state index in [4.69, 9.17) is 5.11 Å². The third-order valence-corrected chi connectivity index (χ3v) is 2.12. The fourth-order valence-electron chi connectivity index (χ4n) is 1.38. The van der Waals surface area contributed by atoms with Gasteiger partial charge in [0, 0.05) is 0 Å². The van der Waals surface area contributed by atoms with Gasteiger partial charge in [0.2, 0.25) is 0 Å². The molecule has 1 aromatic carbocycles. The maximum Gasteiger partial charge on any atom is 0.307 e. The van der Waals surface area contributed by atoms with Crippen molar-refractivity contribution in [3.8, 4) is 5.75 Å². The molecule has 3 nitrogen and oxygen atoms in total. The second-order valence-electron chi connectivity index (χ2n) is 3.23. The van der Waals surface area contributed by atoms with Crippen molar-refractivity contribution in [2.24, 2.45) is 0 Å². The SMILES string of the molecule is CC/C(=C\CC(=O)O)c1cccc(O)c1. The molecule has 0 saturated carbocycles. The van der Waals surface area contributed by atoms with E-state index in [2.05, 4.69) is 0 Å². The highest BCUT2D eigenvalue weighted by Crippen LogP contribution is 2.22. The highest BCUT2D eigenvalue weighted by atomic mass is 16.4. The molecular formula is C12H14O3. The van der Waals surface area contributed by atoms with Crippen LogP contribution in [0.15, 0.2) is 30.3 Å². The van der Waals surface area contributed by atoms with Crippen molar-refractivity contribution >= 4 is 11.5 Å². The van der Waals surface area contributed by atoms with E-state index in [0.29, 0.717) is 0 Å². The van der Waals surface area contributed by atoms with Crippen LogP contribution in [0.4, 0.5) is 0 Å². The predicted octanol–water partition coefficient (Wildman–Crippen LogP) is 2.66. The average Bonchev–Trinajstić information content (AvgIpc) is 2.18. The molecule has 0 unspecified atom stereocenters. The first kappa shape index (κ1) is 11.3. The molecule has 1 rings (SSSR count). The van der Waals surface area contributed by atoms with Gasteiger partial charge in [0.05, 0.1) is 6.42 Å². The summed E-state index contributed by atoms with van der Waals surface area (Å²) in [6.45, 7) is 1.96. The van der Waals surface area contributed by atoms with Gasteiger partial charge >= 0.3 is 5.97 Å². The summed E-state index contributed by atoms with van der Waals surface area (Å²) in [4.78, 5) is 10.4. The number of hydrogen-bond donors (Lipinski definition) is 2. The number of phenolic OH excluding ortho intramolecular Hbond substituents is 1. The van der Waals surface area contributed by atoms with Gasteiger partial charge in [-0.25, -0.2) is 0 Å². The Morgan fingerprint density at radius 1 is 1.47 bits per heavy atom. The summed E-state index contributed by atoms with van der Waals surface area (Å²) in [6.07, 6.45) is 2.44. The maximum absolute atomic E-state index is 10.4. The minimum Gasteiger partial charge on any atom is -0.508 e. The van der Waals surface area contributed by atoms with Crippen LogP contribution in [0, 0.1) is 0 Å². The van der Waals surface area contributed by atoms with Gasteiger partial charge in [-0.3, -0.25) is 4.79 Å². The second kappa shape index (κ2) is 5.20. The van der Waals surface area contributed by atoms with Crippen molar-refractivity contribution < 1.29 is 15.0 Å². The molecule has 1 aromatic rings. The number of carbonyl (C=O) groups is 1. The molecule has 0 spiro atoms. The van der Waals surface area contributed by atoms with E-state index < -0.39 is 5.97 Å². The third kappa shape index (κ3) is 3.46. The molecule has 0 amide bonds. The first-order valence-electron chi connectivity index (χ1n) is 4.83. The van der Waals surface area contributed by atoms with Crippen molar-refractivity contribution in [3.05, 3.63) is 35.9 Å². The quantitative estimate of drug-likeness (QED) is 0.796. The summed E-state index contributed by atoms with van der Waals surface area (Å²) in [6, 6.07) is 6.83.